The molecule has 2 N–H and O–H groups in total. The van der Waals surface area contributed by atoms with E-state index < -0.39 is 0 Å². The number of halogens is 1. The molecule has 0 aliphatic rings. The second-order valence-corrected chi connectivity index (χ2v) is 3.85. The molecule has 0 radical (unpaired) electrons. The maximum absolute atomic E-state index is 5.85. The van der Waals surface area contributed by atoms with Crippen molar-refractivity contribution in [3.63, 3.8) is 0 Å². The third-order valence-electron chi connectivity index (χ3n) is 2.08. The fourth-order valence-corrected chi connectivity index (χ4v) is 1.58. The van der Waals surface area contributed by atoms with Crippen molar-refractivity contribution in [2.24, 2.45) is 0 Å². The molecule has 2 rings (SSSR count). The van der Waals surface area contributed by atoms with Gasteiger partial charge < -0.3 is 4.74 Å². The van der Waals surface area contributed by atoms with Gasteiger partial charge in [0, 0.05) is 6.07 Å². The van der Waals surface area contributed by atoms with Crippen LogP contribution >= 0.6 is 11.6 Å². The Balaban J connectivity index is 2.05. The van der Waals surface area contributed by atoms with E-state index in [-0.39, 0.29) is 0 Å². The lowest BCUT2D eigenvalue weighted by Crippen LogP contribution is -2.43. The molecule has 0 fully saturated rings. The summed E-state index contributed by atoms with van der Waals surface area (Å²) in [5.74, 6) is 6.23. The minimum atomic E-state index is 0.501. The highest BCUT2D eigenvalue weighted by atomic mass is 35.5. The second-order valence-electron chi connectivity index (χ2n) is 3.41. The predicted molar refractivity (Wildman–Crippen MR) is 62.6 cm³/mol. The van der Waals surface area contributed by atoms with Crippen LogP contribution in [0.3, 0.4) is 0 Å². The molecule has 16 heavy (non-hydrogen) atoms. The summed E-state index contributed by atoms with van der Waals surface area (Å²) < 4.78 is 6.95. The van der Waals surface area contributed by atoms with Crippen LogP contribution in [0.25, 0.3) is 0 Å². The molecule has 0 amide bonds. The van der Waals surface area contributed by atoms with Crippen molar-refractivity contribution in [1.29, 1.82) is 0 Å². The Morgan fingerprint density at radius 2 is 1.94 bits per heavy atom. The van der Waals surface area contributed by atoms with Gasteiger partial charge in [0.05, 0.1) is 0 Å². The van der Waals surface area contributed by atoms with Crippen molar-refractivity contribution in [2.75, 3.05) is 5.84 Å². The van der Waals surface area contributed by atoms with E-state index in [2.05, 4.69) is 0 Å². The van der Waals surface area contributed by atoms with E-state index in [1.807, 2.05) is 30.3 Å². The van der Waals surface area contributed by atoms with Crippen molar-refractivity contribution in [1.82, 2.24) is 0 Å². The van der Waals surface area contributed by atoms with Gasteiger partial charge in [0.15, 0.2) is 5.75 Å². The number of nitrogens with zero attached hydrogens (tertiary/aromatic N) is 1. The zero-order chi connectivity index (χ0) is 11.4. The van der Waals surface area contributed by atoms with E-state index in [1.54, 1.807) is 18.5 Å². The molecular weight excluding hydrogens is 224 g/mol. The summed E-state index contributed by atoms with van der Waals surface area (Å²) in [4.78, 5) is 0. The van der Waals surface area contributed by atoms with Crippen LogP contribution in [0.15, 0.2) is 48.8 Å². The van der Waals surface area contributed by atoms with Gasteiger partial charge in [0.2, 0.25) is 12.4 Å². The normalized spacial score (nSPS) is 10.1. The maximum atomic E-state index is 5.85. The molecule has 0 spiro atoms. The lowest BCUT2D eigenvalue weighted by atomic mass is 10.2. The molecule has 0 unspecified atom stereocenters. The topological polar surface area (TPSA) is 39.1 Å². The zero-order valence-electron chi connectivity index (χ0n) is 8.64. The first kappa shape index (κ1) is 10.8. The van der Waals surface area contributed by atoms with Crippen LogP contribution in [-0.4, -0.2) is 0 Å². The van der Waals surface area contributed by atoms with Gasteiger partial charge in [-0.2, -0.15) is 0 Å². The number of nitrogen functional groups attached to an aromatic ring is 1. The van der Waals surface area contributed by atoms with Crippen molar-refractivity contribution in [2.45, 2.75) is 6.61 Å². The van der Waals surface area contributed by atoms with Gasteiger partial charge in [-0.1, -0.05) is 46.6 Å². The van der Waals surface area contributed by atoms with Crippen molar-refractivity contribution in [3.8, 4) is 5.75 Å². The summed E-state index contributed by atoms with van der Waals surface area (Å²) in [5.41, 5.74) is 1.10. The molecule has 1 heterocycles. The standard InChI is InChI=1S/C12H12ClN2O/c13-11-6-12(8-15(14)7-11)16-9-10-4-2-1-3-5-10/h1-8H,9,14H2/q+1. The smallest absolute Gasteiger partial charge is 0.241 e. The summed E-state index contributed by atoms with van der Waals surface area (Å²) in [6.07, 6.45) is 3.28. The van der Waals surface area contributed by atoms with E-state index in [0.717, 1.165) is 5.56 Å². The Morgan fingerprint density at radius 1 is 1.19 bits per heavy atom. The average Bonchev–Trinajstić information content (AvgIpc) is 2.27. The molecule has 0 aliphatic heterocycles. The van der Waals surface area contributed by atoms with Crippen LogP contribution in [0, 0.1) is 0 Å². The Kier molecular flexibility index (Phi) is 3.27. The van der Waals surface area contributed by atoms with Crippen molar-refractivity contribution in [3.05, 3.63) is 59.4 Å². The van der Waals surface area contributed by atoms with Crippen LogP contribution in [0.1, 0.15) is 5.56 Å². The minimum absolute atomic E-state index is 0.501. The van der Waals surface area contributed by atoms with E-state index in [1.165, 1.54) is 4.68 Å². The van der Waals surface area contributed by atoms with Crippen molar-refractivity contribution < 1.29 is 9.41 Å². The van der Waals surface area contributed by atoms with Gasteiger partial charge in [-0.3, -0.25) is 0 Å². The molecule has 0 saturated carbocycles. The van der Waals surface area contributed by atoms with Gasteiger partial charge in [0.1, 0.15) is 11.6 Å². The molecule has 4 heteroatoms. The number of ether oxygens (including phenoxy) is 1. The fraction of sp³-hybridized carbons (Fsp3) is 0.0833. The highest BCUT2D eigenvalue weighted by Gasteiger charge is 2.04. The fourth-order valence-electron chi connectivity index (χ4n) is 1.36. The lowest BCUT2D eigenvalue weighted by molar-refractivity contribution is -0.639. The van der Waals surface area contributed by atoms with Gasteiger partial charge in [-0.15, -0.1) is 0 Å². The number of pyridine rings is 1. The number of aromatic nitrogens is 1. The van der Waals surface area contributed by atoms with Crippen LogP contribution in [0.5, 0.6) is 5.75 Å². The van der Waals surface area contributed by atoms with Crippen LogP contribution in [-0.2, 0) is 6.61 Å². The Labute approximate surface area is 99.0 Å². The highest BCUT2D eigenvalue weighted by molar-refractivity contribution is 6.30. The molecule has 0 aliphatic carbocycles. The van der Waals surface area contributed by atoms with Gasteiger partial charge in [-0.05, 0) is 5.56 Å². The maximum Gasteiger partial charge on any atom is 0.241 e. The Bertz CT molecular complexity index is 453. The summed E-state index contributed by atoms with van der Waals surface area (Å²) in [6.45, 7) is 0.501. The van der Waals surface area contributed by atoms with Gasteiger partial charge in [0.25, 0.3) is 0 Å². The molecule has 82 valence electrons. The molecule has 0 saturated heterocycles. The van der Waals surface area contributed by atoms with Crippen LogP contribution in [0.4, 0.5) is 0 Å². The van der Waals surface area contributed by atoms with Gasteiger partial charge >= 0.3 is 0 Å². The minimum Gasteiger partial charge on any atom is -0.483 e. The summed E-state index contributed by atoms with van der Waals surface area (Å²) in [6, 6.07) is 11.6. The molecule has 1 aromatic heterocycles. The highest BCUT2D eigenvalue weighted by Crippen LogP contribution is 2.15. The van der Waals surface area contributed by atoms with Gasteiger partial charge in [-0.25, -0.2) is 5.84 Å². The third-order valence-corrected chi connectivity index (χ3v) is 2.28. The van der Waals surface area contributed by atoms with E-state index in [0.29, 0.717) is 17.4 Å². The van der Waals surface area contributed by atoms with Crippen LogP contribution in [0.2, 0.25) is 5.02 Å². The first-order chi connectivity index (χ1) is 7.74. The number of hydrogen-bond acceptors (Lipinski definition) is 2. The van der Waals surface area contributed by atoms with E-state index in [9.17, 15) is 0 Å². The number of hydrogen-bond donors (Lipinski definition) is 1. The molecule has 0 atom stereocenters. The van der Waals surface area contributed by atoms with E-state index in [4.69, 9.17) is 22.2 Å². The number of nitrogens with two attached hydrogens (primary N) is 1. The molecular formula is C12H12ClN2O+. The number of rotatable bonds is 3. The number of benzene rings is 1. The molecule has 2 aromatic rings. The molecule has 0 bridgehead atoms. The SMILES string of the molecule is N[n+]1cc(Cl)cc(OCc2ccccc2)c1. The first-order valence-corrected chi connectivity index (χ1v) is 5.25. The van der Waals surface area contributed by atoms with Crippen molar-refractivity contribution >= 4 is 11.6 Å². The average molecular weight is 236 g/mol. The van der Waals surface area contributed by atoms with E-state index >= 15 is 0 Å². The molecule has 3 nitrogen and oxygen atoms in total. The Hall–Kier alpha value is -1.74. The monoisotopic (exact) mass is 235 g/mol. The largest absolute Gasteiger partial charge is 0.483 e. The first-order valence-electron chi connectivity index (χ1n) is 4.88. The predicted octanol–water partition coefficient (Wildman–Crippen LogP) is 1.92. The second kappa shape index (κ2) is 4.86. The summed E-state index contributed by atoms with van der Waals surface area (Å²) >= 11 is 5.85. The lowest BCUT2D eigenvalue weighted by Gasteiger charge is -2.04. The van der Waals surface area contributed by atoms with Crippen LogP contribution < -0.4 is 15.3 Å². The quantitative estimate of drug-likeness (QED) is 0.652. The summed E-state index contributed by atoms with van der Waals surface area (Å²) in [7, 11) is 0. The Morgan fingerprint density at radius 3 is 2.62 bits per heavy atom. The zero-order valence-corrected chi connectivity index (χ0v) is 9.39. The third kappa shape index (κ3) is 2.87. The summed E-state index contributed by atoms with van der Waals surface area (Å²) in [5, 5.41) is 0.549. The molecule has 1 aromatic carbocycles.